The van der Waals surface area contributed by atoms with Crippen molar-refractivity contribution in [2.24, 2.45) is 7.05 Å². The fourth-order valence-electron chi connectivity index (χ4n) is 1.51. The van der Waals surface area contributed by atoms with Gasteiger partial charge in [-0.15, -0.1) is 0 Å². The first-order valence-corrected chi connectivity index (χ1v) is 3.93. The molecule has 1 aromatic heterocycles. The van der Waals surface area contributed by atoms with Gasteiger partial charge < -0.3 is 4.57 Å². The van der Waals surface area contributed by atoms with Gasteiger partial charge in [0.2, 0.25) is 0 Å². The molecule has 0 bridgehead atoms. The van der Waals surface area contributed by atoms with E-state index in [1.165, 1.54) is 10.8 Å². The third kappa shape index (κ3) is 0.735. The number of nitrogens with zero attached hydrogens (tertiary/aromatic N) is 1. The topological polar surface area (TPSA) is 4.93 Å². The second-order valence-corrected chi connectivity index (χ2v) is 3.00. The Labute approximate surface area is 71.2 Å². The molecule has 0 aliphatic carbocycles. The van der Waals surface area contributed by atoms with E-state index in [1.54, 1.807) is 0 Å². The maximum Gasteiger partial charge on any atom is 0.0415 e. The number of aromatic nitrogens is 1. The third-order valence-corrected chi connectivity index (χ3v) is 2.36. The molecule has 1 aromatic carbocycles. The van der Waals surface area contributed by atoms with Gasteiger partial charge in [-0.05, 0) is 0 Å². The minimum absolute atomic E-state index is 1.04. The summed E-state index contributed by atoms with van der Waals surface area (Å²) in [5.41, 5.74) is 0. The lowest BCUT2D eigenvalue weighted by Crippen LogP contribution is -2.20. The number of rotatable bonds is 0. The fraction of sp³-hybridized carbons (Fsp3) is 0.0909. The molecule has 0 saturated carbocycles. The van der Waals surface area contributed by atoms with Crippen molar-refractivity contribution in [2.75, 3.05) is 0 Å². The first-order valence-electron chi connectivity index (χ1n) is 3.93. The van der Waals surface area contributed by atoms with E-state index in [4.69, 9.17) is 0 Å². The van der Waals surface area contributed by atoms with Gasteiger partial charge in [0, 0.05) is 28.5 Å². The predicted octanol–water partition coefficient (Wildman–Crippen LogP) is 0.999. The largest absolute Gasteiger partial charge is 0.345 e. The third-order valence-electron chi connectivity index (χ3n) is 2.36. The van der Waals surface area contributed by atoms with Gasteiger partial charge in [0.15, 0.2) is 0 Å². The number of hydrogen-bond donors (Lipinski definition) is 0. The summed E-state index contributed by atoms with van der Waals surface area (Å²) in [6.45, 7) is 7.98. The Morgan fingerprint density at radius 1 is 1.00 bits per heavy atom. The highest BCUT2D eigenvalue weighted by Gasteiger charge is 1.98. The van der Waals surface area contributed by atoms with Crippen LogP contribution in [0.3, 0.4) is 0 Å². The van der Waals surface area contributed by atoms with Crippen molar-refractivity contribution in [3.05, 3.63) is 35.0 Å². The van der Waals surface area contributed by atoms with Crippen molar-refractivity contribution >= 4 is 23.9 Å². The van der Waals surface area contributed by atoms with Gasteiger partial charge in [0.25, 0.3) is 0 Å². The minimum Gasteiger partial charge on any atom is -0.345 e. The van der Waals surface area contributed by atoms with Crippen LogP contribution < -0.4 is 10.7 Å². The summed E-state index contributed by atoms with van der Waals surface area (Å²) in [4.78, 5) is 0. The molecule has 0 atom stereocenters. The highest BCUT2D eigenvalue weighted by Crippen LogP contribution is 2.03. The summed E-state index contributed by atoms with van der Waals surface area (Å²) in [6, 6.07) is 8.20. The van der Waals surface area contributed by atoms with E-state index in [9.17, 15) is 0 Å². The zero-order chi connectivity index (χ0) is 8.72. The van der Waals surface area contributed by atoms with Crippen LogP contribution in [0.4, 0.5) is 0 Å². The Morgan fingerprint density at radius 2 is 1.42 bits per heavy atom. The zero-order valence-corrected chi connectivity index (χ0v) is 7.17. The molecule has 0 fully saturated rings. The molecule has 0 saturated heterocycles. The van der Waals surface area contributed by atoms with Gasteiger partial charge in [0.1, 0.15) is 0 Å². The van der Waals surface area contributed by atoms with Crippen molar-refractivity contribution in [1.29, 1.82) is 0 Å². The van der Waals surface area contributed by atoms with Crippen LogP contribution in [-0.2, 0) is 7.05 Å². The highest BCUT2D eigenvalue weighted by molar-refractivity contribution is 5.83. The Bertz CT molecular complexity index is 473. The van der Waals surface area contributed by atoms with Crippen molar-refractivity contribution in [2.45, 2.75) is 0 Å². The smallest absolute Gasteiger partial charge is 0.0415 e. The van der Waals surface area contributed by atoms with E-state index >= 15 is 0 Å². The lowest BCUT2D eigenvalue weighted by molar-refractivity contribution is 0.871. The van der Waals surface area contributed by atoms with Crippen LogP contribution in [-0.4, -0.2) is 4.57 Å². The average Bonchev–Trinajstić information content (AvgIpc) is 2.33. The Kier molecular flexibility index (Phi) is 1.34. The van der Waals surface area contributed by atoms with Crippen LogP contribution in [0.5, 0.6) is 0 Å². The fourth-order valence-corrected chi connectivity index (χ4v) is 1.51. The highest BCUT2D eigenvalue weighted by atomic mass is 14.9. The molecule has 2 rings (SSSR count). The molecule has 12 heavy (non-hydrogen) atoms. The molecule has 0 aliphatic heterocycles. The standard InChI is InChI=1S/C11H11N/c1-8-10-6-4-5-7-11(10)9(2)12(8)3/h4-7H,1-2H2,3H3. The molecule has 0 aliphatic rings. The SMILES string of the molecule is C=c1c2ccccc2c(=C)n1C. The molecule has 0 N–H and O–H groups in total. The maximum atomic E-state index is 3.99. The second-order valence-electron chi connectivity index (χ2n) is 3.00. The minimum atomic E-state index is 1.04. The first kappa shape index (κ1) is 7.17. The molecule has 1 nitrogen and oxygen atoms in total. The summed E-state index contributed by atoms with van der Waals surface area (Å²) in [5.74, 6) is 0. The lowest BCUT2D eigenvalue weighted by atomic mass is 10.2. The van der Waals surface area contributed by atoms with Crippen molar-refractivity contribution in [1.82, 2.24) is 4.57 Å². The Morgan fingerprint density at radius 3 is 1.83 bits per heavy atom. The molecule has 0 radical (unpaired) electrons. The van der Waals surface area contributed by atoms with Crippen LogP contribution >= 0.6 is 0 Å². The van der Waals surface area contributed by atoms with E-state index in [2.05, 4.69) is 25.3 Å². The molecule has 60 valence electrons. The Balaban J connectivity index is 3.21. The van der Waals surface area contributed by atoms with Crippen LogP contribution in [0, 0.1) is 0 Å². The molecule has 1 heteroatoms. The zero-order valence-electron chi connectivity index (χ0n) is 7.17. The maximum absolute atomic E-state index is 3.99. The number of benzene rings is 1. The molecule has 0 amide bonds. The average molecular weight is 157 g/mol. The number of fused-ring (bicyclic) bond motifs is 1. The van der Waals surface area contributed by atoms with E-state index in [1.807, 2.05) is 23.7 Å². The van der Waals surface area contributed by atoms with Crippen molar-refractivity contribution < 1.29 is 0 Å². The van der Waals surface area contributed by atoms with Gasteiger partial charge in [-0.25, -0.2) is 0 Å². The van der Waals surface area contributed by atoms with Crippen LogP contribution in [0.2, 0.25) is 0 Å². The van der Waals surface area contributed by atoms with Gasteiger partial charge >= 0.3 is 0 Å². The van der Waals surface area contributed by atoms with E-state index in [-0.39, 0.29) is 0 Å². The number of hydrogen-bond acceptors (Lipinski definition) is 0. The van der Waals surface area contributed by atoms with Crippen LogP contribution in [0.15, 0.2) is 24.3 Å². The van der Waals surface area contributed by atoms with Crippen molar-refractivity contribution in [3.8, 4) is 0 Å². The summed E-state index contributed by atoms with van der Waals surface area (Å²) in [5, 5.41) is 4.47. The second kappa shape index (κ2) is 2.24. The van der Waals surface area contributed by atoms with Gasteiger partial charge in [-0.3, -0.25) is 0 Å². The molecule has 2 aromatic rings. The summed E-state index contributed by atoms with van der Waals surface area (Å²) < 4.78 is 2.02. The lowest BCUT2D eigenvalue weighted by Gasteiger charge is -1.87. The molecule has 0 spiro atoms. The van der Waals surface area contributed by atoms with Gasteiger partial charge in [0.05, 0.1) is 0 Å². The quantitative estimate of drug-likeness (QED) is 0.537. The van der Waals surface area contributed by atoms with E-state index in [0.717, 1.165) is 10.7 Å². The van der Waals surface area contributed by atoms with E-state index < -0.39 is 0 Å². The van der Waals surface area contributed by atoms with Crippen LogP contribution in [0.1, 0.15) is 0 Å². The van der Waals surface area contributed by atoms with Gasteiger partial charge in [-0.1, -0.05) is 37.4 Å². The summed E-state index contributed by atoms with van der Waals surface area (Å²) in [6.07, 6.45) is 0. The molecular formula is C11H11N. The summed E-state index contributed by atoms with van der Waals surface area (Å²) in [7, 11) is 1.99. The Hall–Kier alpha value is -1.50. The summed E-state index contributed by atoms with van der Waals surface area (Å²) >= 11 is 0. The van der Waals surface area contributed by atoms with Crippen molar-refractivity contribution in [3.63, 3.8) is 0 Å². The monoisotopic (exact) mass is 157 g/mol. The van der Waals surface area contributed by atoms with E-state index in [0.29, 0.717) is 0 Å². The van der Waals surface area contributed by atoms with Crippen LogP contribution in [0.25, 0.3) is 23.9 Å². The molecule has 0 unspecified atom stereocenters. The van der Waals surface area contributed by atoms with Gasteiger partial charge in [-0.2, -0.15) is 0 Å². The first-order chi connectivity index (χ1) is 5.72. The molecular weight excluding hydrogens is 146 g/mol. The molecule has 1 heterocycles. The predicted molar refractivity (Wildman–Crippen MR) is 53.2 cm³/mol. The normalized spacial score (nSPS) is 10.8.